The number of carbonyl (C=O) groups excluding carboxylic acids is 4. The molecule has 0 aliphatic carbocycles. The molecule has 0 spiro atoms. The van der Waals surface area contributed by atoms with Gasteiger partial charge < -0.3 is 11.5 Å². The lowest BCUT2D eigenvalue weighted by Crippen LogP contribution is -2.31. The Morgan fingerprint density at radius 3 is 1.00 bits per heavy atom. The average Bonchev–Trinajstić information content (AvgIpc) is 3.66. The fourth-order valence-electron chi connectivity index (χ4n) is 7.66. The molecule has 0 atom stereocenters. The van der Waals surface area contributed by atoms with Crippen LogP contribution in [0.1, 0.15) is 69.1 Å². The van der Waals surface area contributed by atoms with E-state index in [1.165, 1.54) is 81.1 Å². The van der Waals surface area contributed by atoms with Gasteiger partial charge in [-0.2, -0.15) is 0 Å². The fraction of sp³-hybridized carbons (Fsp3) is 0.167. The normalized spacial score (nSPS) is 13.6. The van der Waals surface area contributed by atoms with Crippen LogP contribution in [-0.4, -0.2) is 55.1 Å². The zero-order valence-corrected chi connectivity index (χ0v) is 38.8. The molecule has 0 fully saturated rings. The van der Waals surface area contributed by atoms with E-state index < -0.39 is 33.5 Å². The van der Waals surface area contributed by atoms with Crippen LogP contribution < -0.4 is 21.3 Å². The molecular formula is C48H42N4O6S5. The highest BCUT2D eigenvalue weighted by atomic mass is 32.2. The number of sulfone groups is 1. The van der Waals surface area contributed by atoms with Gasteiger partial charge in [0.15, 0.2) is 0 Å². The Morgan fingerprint density at radius 2 is 0.698 bits per heavy atom. The summed E-state index contributed by atoms with van der Waals surface area (Å²) in [7, 11) is -4.27. The van der Waals surface area contributed by atoms with Crippen LogP contribution in [0.25, 0.3) is 22.3 Å². The molecule has 320 valence electrons. The second-order valence-corrected chi connectivity index (χ2v) is 21.6. The van der Waals surface area contributed by atoms with Gasteiger partial charge in [-0.05, 0) is 118 Å². The second kappa shape index (κ2) is 18.0. The summed E-state index contributed by atoms with van der Waals surface area (Å²) in [5.74, 6) is 0.156. The number of nitrogens with two attached hydrogens (primary N) is 2. The van der Waals surface area contributed by atoms with Crippen LogP contribution in [-0.2, 0) is 9.84 Å². The third-order valence-corrected chi connectivity index (χ3v) is 15.9. The number of nitrogens with zero attached hydrogens (tertiary/aromatic N) is 2. The smallest absolute Gasteiger partial charge is 0.266 e. The first-order chi connectivity index (χ1) is 30.3. The summed E-state index contributed by atoms with van der Waals surface area (Å²) in [4.78, 5) is 61.1. The molecule has 10 nitrogen and oxygen atoms in total. The largest absolute Gasteiger partial charge is 0.399 e. The van der Waals surface area contributed by atoms with Crippen molar-refractivity contribution in [2.75, 3.05) is 44.3 Å². The number of imide groups is 2. The van der Waals surface area contributed by atoms with Crippen molar-refractivity contribution in [1.82, 2.24) is 0 Å². The van der Waals surface area contributed by atoms with E-state index in [4.69, 9.17) is 11.5 Å². The highest BCUT2D eigenvalue weighted by Gasteiger charge is 2.42. The van der Waals surface area contributed by atoms with E-state index >= 15 is 0 Å². The number of benzene rings is 6. The van der Waals surface area contributed by atoms with Crippen LogP contribution in [0.5, 0.6) is 0 Å². The Hall–Kier alpha value is -5.45. The van der Waals surface area contributed by atoms with Crippen LogP contribution >= 0.6 is 47.0 Å². The summed E-state index contributed by atoms with van der Waals surface area (Å²) < 4.78 is 30.0. The monoisotopic (exact) mass is 930 g/mol. The minimum Gasteiger partial charge on any atom is -0.399 e. The number of anilines is 4. The SMILES string of the molecule is CCSc1cc(S(=O)(=O)c2cc(SCC)c(N3C(=O)c4ccc(-c5ccc(N)cc5)cc4C3=O)c(SCC)c2)cc(SCC)c1N1C(=O)c2ccc(-c3ccc(N)cc3)cc2C1=O. The maximum absolute atomic E-state index is 15.0. The molecule has 6 aromatic carbocycles. The lowest BCUT2D eigenvalue weighted by atomic mass is 10.00. The van der Waals surface area contributed by atoms with E-state index in [0.717, 1.165) is 22.3 Å². The van der Waals surface area contributed by atoms with Crippen LogP contribution in [0.15, 0.2) is 139 Å². The molecule has 4 N–H and O–H groups in total. The molecule has 0 radical (unpaired) electrons. The molecule has 0 saturated heterocycles. The molecule has 2 aliphatic rings. The van der Waals surface area contributed by atoms with Crippen molar-refractivity contribution in [3.8, 4) is 22.3 Å². The Labute approximate surface area is 383 Å². The Bertz CT molecular complexity index is 2730. The molecule has 0 bridgehead atoms. The molecular weight excluding hydrogens is 889 g/mol. The molecule has 6 aromatic rings. The molecule has 0 aromatic heterocycles. The number of fused-ring (bicyclic) bond motifs is 2. The van der Waals surface area contributed by atoms with E-state index in [2.05, 4.69) is 0 Å². The zero-order valence-electron chi connectivity index (χ0n) is 34.8. The van der Waals surface area contributed by atoms with Crippen molar-refractivity contribution in [3.63, 3.8) is 0 Å². The number of hydrogen-bond donors (Lipinski definition) is 2. The Morgan fingerprint density at radius 1 is 0.413 bits per heavy atom. The lowest BCUT2D eigenvalue weighted by Gasteiger charge is -2.24. The van der Waals surface area contributed by atoms with Crippen molar-refractivity contribution in [2.24, 2.45) is 0 Å². The molecule has 8 rings (SSSR count). The molecule has 2 heterocycles. The zero-order chi connectivity index (χ0) is 44.7. The minimum atomic E-state index is -4.27. The van der Waals surface area contributed by atoms with Gasteiger partial charge in [0.1, 0.15) is 0 Å². The first kappa shape index (κ1) is 44.2. The van der Waals surface area contributed by atoms with Crippen LogP contribution in [0, 0.1) is 0 Å². The first-order valence-corrected chi connectivity index (χ1v) is 25.6. The number of rotatable bonds is 14. The fourth-order valence-corrected chi connectivity index (χ4v) is 12.9. The van der Waals surface area contributed by atoms with Crippen molar-refractivity contribution in [2.45, 2.75) is 57.1 Å². The predicted octanol–water partition coefficient (Wildman–Crippen LogP) is 11.1. The van der Waals surface area contributed by atoms with E-state index in [9.17, 15) is 27.6 Å². The van der Waals surface area contributed by atoms with Crippen molar-refractivity contribution >= 4 is 103 Å². The standard InChI is InChI=1S/C48H42N4O6S5/c1-5-59-39-23-33(24-40(60-6-2)43(39)51-45(53)35-19-13-29(21-37(35)47(51)55)27-9-15-31(49)16-10-27)63(57,58)34-25-41(61-7-3)44(42(26-34)62-8-4)52-46(54)36-20-14-30(22-38(36)48(52)56)28-11-17-32(50)18-12-28/h9-26H,5-8,49-50H2,1-4H3. The van der Waals surface area contributed by atoms with Gasteiger partial charge in [-0.1, -0.05) is 64.1 Å². The summed E-state index contributed by atoms with van der Waals surface area (Å²) in [6.45, 7) is 7.68. The summed E-state index contributed by atoms with van der Waals surface area (Å²) in [6.07, 6.45) is 0. The Balaban J connectivity index is 1.20. The third-order valence-electron chi connectivity index (χ3n) is 10.6. The number of nitrogen functional groups attached to an aromatic ring is 2. The lowest BCUT2D eigenvalue weighted by molar-refractivity contribution is 0.0909. The third kappa shape index (κ3) is 8.05. The van der Waals surface area contributed by atoms with E-state index in [1.807, 2.05) is 52.0 Å². The maximum atomic E-state index is 15.0. The van der Waals surface area contributed by atoms with Crippen molar-refractivity contribution < 1.29 is 27.6 Å². The summed E-state index contributed by atoms with van der Waals surface area (Å²) in [6, 6.07) is 31.0. The molecule has 0 saturated carbocycles. The van der Waals surface area contributed by atoms with E-state index in [1.54, 1.807) is 60.7 Å². The second-order valence-electron chi connectivity index (χ2n) is 14.4. The average molecular weight is 931 g/mol. The van der Waals surface area contributed by atoms with E-state index in [0.29, 0.717) is 65.3 Å². The molecule has 0 unspecified atom stereocenters. The van der Waals surface area contributed by atoms with Gasteiger partial charge in [0.05, 0.1) is 43.4 Å². The maximum Gasteiger partial charge on any atom is 0.266 e. The van der Waals surface area contributed by atoms with Gasteiger partial charge in [0, 0.05) is 31.0 Å². The summed E-state index contributed by atoms with van der Waals surface area (Å²) >= 11 is 5.37. The topological polar surface area (TPSA) is 161 Å². The van der Waals surface area contributed by atoms with Crippen LogP contribution in [0.3, 0.4) is 0 Å². The number of hydrogen-bond acceptors (Lipinski definition) is 12. The minimum absolute atomic E-state index is 0.0102. The Kier molecular flexibility index (Phi) is 12.6. The van der Waals surface area contributed by atoms with Gasteiger partial charge >= 0.3 is 0 Å². The predicted molar refractivity (Wildman–Crippen MR) is 259 cm³/mol. The van der Waals surface area contributed by atoms with E-state index in [-0.39, 0.29) is 32.0 Å². The highest BCUT2D eigenvalue weighted by molar-refractivity contribution is 8.01. The quantitative estimate of drug-likeness (QED) is 0.0605. The molecule has 63 heavy (non-hydrogen) atoms. The van der Waals surface area contributed by atoms with Gasteiger partial charge in [-0.3, -0.25) is 19.2 Å². The van der Waals surface area contributed by atoms with Gasteiger partial charge in [-0.15, -0.1) is 47.0 Å². The molecule has 2 aliphatic heterocycles. The van der Waals surface area contributed by atoms with Crippen molar-refractivity contribution in [1.29, 1.82) is 0 Å². The van der Waals surface area contributed by atoms with Crippen molar-refractivity contribution in [3.05, 3.63) is 131 Å². The summed E-state index contributed by atoms with van der Waals surface area (Å²) in [5.41, 5.74) is 17.9. The highest BCUT2D eigenvalue weighted by Crippen LogP contribution is 2.48. The van der Waals surface area contributed by atoms with Crippen LogP contribution in [0.4, 0.5) is 22.7 Å². The van der Waals surface area contributed by atoms with Gasteiger partial charge in [-0.25, -0.2) is 18.2 Å². The summed E-state index contributed by atoms with van der Waals surface area (Å²) in [5, 5.41) is 0. The molecule has 4 amide bonds. The molecule has 15 heteroatoms. The number of carbonyl (C=O) groups is 4. The number of amides is 4. The van der Waals surface area contributed by atoms with Crippen LogP contribution in [0.2, 0.25) is 0 Å². The van der Waals surface area contributed by atoms with Gasteiger partial charge in [0.25, 0.3) is 23.6 Å². The number of thioether (sulfide) groups is 4. The van der Waals surface area contributed by atoms with Gasteiger partial charge in [0.2, 0.25) is 9.84 Å². The first-order valence-electron chi connectivity index (χ1n) is 20.2.